The fourth-order valence-corrected chi connectivity index (χ4v) is 6.19. The second-order valence-corrected chi connectivity index (χ2v) is 11.8. The average Bonchev–Trinajstić information content (AvgIpc) is 3.34. The molecule has 1 fully saturated rings. The smallest absolute Gasteiger partial charge is 0.269 e. The second-order valence-electron chi connectivity index (χ2n) is 10.8. The maximum Gasteiger partial charge on any atom is 0.269 e. The third-order valence-electron chi connectivity index (χ3n) is 7.08. The van der Waals surface area contributed by atoms with Crippen LogP contribution in [0.3, 0.4) is 0 Å². The van der Waals surface area contributed by atoms with Crippen LogP contribution >= 0.6 is 11.3 Å². The van der Waals surface area contributed by atoms with E-state index in [1.165, 1.54) is 19.3 Å². The highest BCUT2D eigenvalue weighted by Crippen LogP contribution is 2.46. The van der Waals surface area contributed by atoms with E-state index in [9.17, 15) is 5.26 Å². The van der Waals surface area contributed by atoms with Crippen LogP contribution in [0.15, 0.2) is 70.3 Å². The van der Waals surface area contributed by atoms with Crippen molar-refractivity contribution in [2.24, 2.45) is 5.41 Å². The Morgan fingerprint density at radius 2 is 1.89 bits per heavy atom. The van der Waals surface area contributed by atoms with Crippen molar-refractivity contribution in [3.8, 4) is 17.3 Å². The van der Waals surface area contributed by atoms with Gasteiger partial charge in [-0.15, -0.1) is 0 Å². The van der Waals surface area contributed by atoms with Crippen LogP contribution in [0.25, 0.3) is 22.2 Å². The first-order chi connectivity index (χ1) is 17.9. The monoisotopic (exact) mass is 508 g/mol. The quantitative estimate of drug-likeness (QED) is 0.309. The molecule has 188 valence electrons. The van der Waals surface area contributed by atoms with E-state index < -0.39 is 0 Å². The van der Waals surface area contributed by atoms with E-state index in [0.29, 0.717) is 0 Å². The Labute approximate surface area is 223 Å². The molecule has 3 aliphatic rings. The summed E-state index contributed by atoms with van der Waals surface area (Å²) in [4.78, 5) is 12.2. The van der Waals surface area contributed by atoms with Crippen LogP contribution in [0.4, 0.5) is 5.13 Å². The minimum Gasteiger partial charge on any atom is -0.461 e. The molecule has 0 spiro atoms. The summed E-state index contributed by atoms with van der Waals surface area (Å²) in [6.45, 7) is 16.0. The van der Waals surface area contributed by atoms with Gasteiger partial charge in [0.1, 0.15) is 11.5 Å². The van der Waals surface area contributed by atoms with Gasteiger partial charge < -0.3 is 9.64 Å². The van der Waals surface area contributed by atoms with Crippen molar-refractivity contribution in [1.82, 2.24) is 4.98 Å². The average molecular weight is 509 g/mol. The summed E-state index contributed by atoms with van der Waals surface area (Å²) < 4.78 is 6.58. The van der Waals surface area contributed by atoms with Gasteiger partial charge in [-0.3, -0.25) is 0 Å². The van der Waals surface area contributed by atoms with Crippen molar-refractivity contribution in [1.29, 1.82) is 5.26 Å². The molecule has 0 saturated carbocycles. The summed E-state index contributed by atoms with van der Waals surface area (Å²) >= 11 is 1.75. The molecule has 3 heterocycles. The normalized spacial score (nSPS) is 20.5. The maximum atomic E-state index is 9.71. The minimum absolute atomic E-state index is 0.133. The van der Waals surface area contributed by atoms with E-state index in [1.807, 2.05) is 12.1 Å². The lowest BCUT2D eigenvalue weighted by atomic mass is 9.83. The highest BCUT2D eigenvalue weighted by molar-refractivity contribution is 7.17. The molecule has 1 aromatic heterocycles. The largest absolute Gasteiger partial charge is 0.461 e. The Bertz CT molecular complexity index is 1380. The van der Waals surface area contributed by atoms with Crippen LogP contribution in [0.5, 0.6) is 0 Å². The number of ether oxygens (including phenoxy) is 1. The van der Waals surface area contributed by atoms with Crippen LogP contribution in [-0.4, -0.2) is 18.1 Å². The first-order valence-corrected chi connectivity index (χ1v) is 13.9. The molecule has 0 amide bonds. The van der Waals surface area contributed by atoms with Crippen LogP contribution in [0.2, 0.25) is 0 Å². The third-order valence-corrected chi connectivity index (χ3v) is 8.15. The molecule has 5 rings (SSSR count). The number of benzene rings is 1. The number of allylic oxidation sites excluding steroid dienone is 6. The number of hydrogen-bond acceptors (Lipinski definition) is 5. The highest BCUT2D eigenvalue weighted by Gasteiger charge is 2.32. The molecule has 0 bridgehead atoms. The van der Waals surface area contributed by atoms with Crippen molar-refractivity contribution in [2.45, 2.75) is 59.3 Å². The van der Waals surface area contributed by atoms with Crippen molar-refractivity contribution in [2.75, 3.05) is 18.0 Å². The topological polar surface area (TPSA) is 53.5 Å². The van der Waals surface area contributed by atoms with E-state index in [-0.39, 0.29) is 11.1 Å². The van der Waals surface area contributed by atoms with E-state index in [4.69, 9.17) is 16.3 Å². The van der Waals surface area contributed by atoms with Crippen LogP contribution in [-0.2, 0) is 4.74 Å². The molecular formula is C31H32N4OS. The molecule has 1 saturated heterocycles. The molecule has 1 aromatic carbocycles. The summed E-state index contributed by atoms with van der Waals surface area (Å²) in [5, 5.41) is 10.8. The Morgan fingerprint density at radius 3 is 2.57 bits per heavy atom. The van der Waals surface area contributed by atoms with Gasteiger partial charge in [-0.25, -0.2) is 15.1 Å². The van der Waals surface area contributed by atoms with Gasteiger partial charge in [0, 0.05) is 29.6 Å². The first kappa shape index (κ1) is 25.1. The van der Waals surface area contributed by atoms with Gasteiger partial charge in [0.2, 0.25) is 0 Å². The van der Waals surface area contributed by atoms with Gasteiger partial charge >= 0.3 is 0 Å². The predicted octanol–water partition coefficient (Wildman–Crippen LogP) is 8.28. The summed E-state index contributed by atoms with van der Waals surface area (Å²) in [6, 6.07) is 12.5. The number of piperidine rings is 1. The second kappa shape index (κ2) is 10.4. The van der Waals surface area contributed by atoms with E-state index in [0.717, 1.165) is 81.9 Å². The summed E-state index contributed by atoms with van der Waals surface area (Å²) in [5.41, 5.74) is 4.80. The van der Waals surface area contributed by atoms with Gasteiger partial charge in [-0.1, -0.05) is 62.4 Å². The number of aromatic nitrogens is 1. The number of anilines is 1. The lowest BCUT2D eigenvalue weighted by Gasteiger charge is -2.33. The number of thiazole rings is 1. The molecular weight excluding hydrogens is 476 g/mol. The number of nitrogens with zero attached hydrogens (tertiary/aromatic N) is 4. The van der Waals surface area contributed by atoms with Crippen molar-refractivity contribution < 1.29 is 4.74 Å². The molecule has 37 heavy (non-hydrogen) atoms. The predicted molar refractivity (Wildman–Crippen MR) is 150 cm³/mol. The third kappa shape index (κ3) is 5.13. The number of nitriles is 1. The summed E-state index contributed by atoms with van der Waals surface area (Å²) in [5.74, 6) is 1.60. The summed E-state index contributed by atoms with van der Waals surface area (Å²) in [6.07, 6.45) is 10.5. The molecule has 1 aliphatic carbocycles. The lowest BCUT2D eigenvalue weighted by molar-refractivity contribution is 0.212. The zero-order valence-corrected chi connectivity index (χ0v) is 22.6. The highest BCUT2D eigenvalue weighted by atomic mass is 32.1. The molecule has 0 N–H and O–H groups in total. The van der Waals surface area contributed by atoms with E-state index in [1.54, 1.807) is 11.3 Å². The number of rotatable bonds is 3. The maximum absolute atomic E-state index is 9.71. The SMILES string of the molecule is [C-]#[N+]/C(C#N)=C1\C=C(C(C)(C)C)OC2=C1CCC/C2=C\c1sc(N2CCCCC2)nc1-c1ccccc1. The molecule has 0 radical (unpaired) electrons. The number of hydrogen-bond donors (Lipinski definition) is 0. The Kier molecular flexibility index (Phi) is 7.04. The fourth-order valence-electron chi connectivity index (χ4n) is 5.08. The molecule has 6 heteroatoms. The molecule has 2 aromatic rings. The fraction of sp³-hybridized carbons (Fsp3) is 0.387. The van der Waals surface area contributed by atoms with Crippen molar-refractivity contribution in [3.63, 3.8) is 0 Å². The molecule has 0 unspecified atom stereocenters. The zero-order chi connectivity index (χ0) is 26.0. The van der Waals surface area contributed by atoms with Crippen LogP contribution in [0, 0.1) is 23.3 Å². The Hall–Kier alpha value is -3.61. The first-order valence-electron chi connectivity index (χ1n) is 13.1. The molecule has 2 aliphatic heterocycles. The van der Waals surface area contributed by atoms with Gasteiger partial charge in [0.15, 0.2) is 5.13 Å². The zero-order valence-electron chi connectivity index (χ0n) is 21.8. The van der Waals surface area contributed by atoms with Crippen molar-refractivity contribution in [3.05, 3.63) is 86.6 Å². The van der Waals surface area contributed by atoms with Crippen LogP contribution < -0.4 is 4.90 Å². The Balaban J connectivity index is 1.64. The van der Waals surface area contributed by atoms with E-state index in [2.05, 4.69) is 66.9 Å². The van der Waals surface area contributed by atoms with Gasteiger partial charge in [-0.05, 0) is 61.8 Å². The standard InChI is InChI=1S/C31H32N4OS/c1-31(2,3)27-19-24(25(20-32)33-4)23-15-11-14-22(29(23)36-27)18-26-28(21-12-7-5-8-13-21)34-30(37-26)35-16-9-6-10-17-35/h5,7-8,12-13,18-19H,6,9-11,14-17H2,1-3H3/b22-18+,25-24+. The van der Waals surface area contributed by atoms with Crippen molar-refractivity contribution >= 4 is 22.5 Å². The molecule has 5 nitrogen and oxygen atoms in total. The minimum atomic E-state index is -0.254. The van der Waals surface area contributed by atoms with E-state index >= 15 is 0 Å². The van der Waals surface area contributed by atoms with Gasteiger partial charge in [0.25, 0.3) is 5.70 Å². The van der Waals surface area contributed by atoms with Gasteiger partial charge in [-0.2, -0.15) is 0 Å². The summed E-state index contributed by atoms with van der Waals surface area (Å²) in [7, 11) is 0. The Morgan fingerprint density at radius 1 is 1.14 bits per heavy atom. The van der Waals surface area contributed by atoms with Gasteiger partial charge in [0.05, 0.1) is 23.2 Å². The molecule has 0 atom stereocenters. The van der Waals surface area contributed by atoms with Crippen LogP contribution in [0.1, 0.15) is 64.2 Å². The lowest BCUT2D eigenvalue weighted by Crippen LogP contribution is -2.29.